The van der Waals surface area contributed by atoms with E-state index in [1.807, 2.05) is 49.4 Å². The van der Waals surface area contributed by atoms with E-state index in [0.717, 1.165) is 20.9 Å². The van der Waals surface area contributed by atoms with Crippen LogP contribution in [0.5, 0.6) is 11.5 Å². The topological polar surface area (TPSA) is 55.7 Å². The van der Waals surface area contributed by atoms with E-state index in [9.17, 15) is 0 Å². The third kappa shape index (κ3) is 3.43. The summed E-state index contributed by atoms with van der Waals surface area (Å²) in [5.41, 5.74) is 4.77. The van der Waals surface area contributed by atoms with E-state index in [4.69, 9.17) is 9.47 Å². The summed E-state index contributed by atoms with van der Waals surface area (Å²) in [4.78, 5) is 4.47. The average molecular weight is 327 g/mol. The zero-order valence-corrected chi connectivity index (χ0v) is 13.8. The van der Waals surface area contributed by atoms with Crippen LogP contribution in [-0.2, 0) is 0 Å². The van der Waals surface area contributed by atoms with Crippen molar-refractivity contribution in [2.45, 2.75) is 6.92 Å². The van der Waals surface area contributed by atoms with Crippen LogP contribution in [-0.4, -0.2) is 24.9 Å². The van der Waals surface area contributed by atoms with E-state index in [1.54, 1.807) is 24.7 Å². The molecule has 0 aliphatic carbocycles. The van der Waals surface area contributed by atoms with Crippen molar-refractivity contribution in [1.29, 1.82) is 0 Å². The Morgan fingerprint density at radius 3 is 2.87 bits per heavy atom. The molecule has 3 rings (SSSR count). The standard InChI is InChI=1S/C17H17N3O2S/c1-3-22-14-9-6-7-12(16(14)21-2)11-18-20-17-19-13-8-4-5-10-15(13)23-17/h4-11H,3H2,1-2H3,(H,19,20)/b18-11-. The predicted octanol–water partition coefficient (Wildman–Crippen LogP) is 4.15. The summed E-state index contributed by atoms with van der Waals surface area (Å²) < 4.78 is 12.1. The van der Waals surface area contributed by atoms with Crippen molar-refractivity contribution in [2.75, 3.05) is 19.1 Å². The summed E-state index contributed by atoms with van der Waals surface area (Å²) in [6.45, 7) is 2.52. The highest BCUT2D eigenvalue weighted by atomic mass is 32.1. The molecule has 0 saturated heterocycles. The van der Waals surface area contributed by atoms with Gasteiger partial charge in [0, 0.05) is 5.56 Å². The smallest absolute Gasteiger partial charge is 0.204 e. The van der Waals surface area contributed by atoms with Crippen LogP contribution < -0.4 is 14.9 Å². The molecule has 0 radical (unpaired) electrons. The Morgan fingerprint density at radius 2 is 2.09 bits per heavy atom. The van der Waals surface area contributed by atoms with Crippen LogP contribution in [0.3, 0.4) is 0 Å². The molecule has 0 saturated carbocycles. The quantitative estimate of drug-likeness (QED) is 0.546. The lowest BCUT2D eigenvalue weighted by atomic mass is 10.2. The number of hydrogen-bond acceptors (Lipinski definition) is 6. The Kier molecular flexibility index (Phi) is 4.73. The lowest BCUT2D eigenvalue weighted by Gasteiger charge is -2.10. The van der Waals surface area contributed by atoms with Gasteiger partial charge in [0.05, 0.1) is 30.1 Å². The third-order valence-electron chi connectivity index (χ3n) is 3.17. The van der Waals surface area contributed by atoms with Gasteiger partial charge in [0.2, 0.25) is 5.13 Å². The number of anilines is 1. The normalized spacial score (nSPS) is 11.0. The average Bonchev–Trinajstić information content (AvgIpc) is 2.98. The Balaban J connectivity index is 1.78. The van der Waals surface area contributed by atoms with Gasteiger partial charge in [-0.3, -0.25) is 5.43 Å². The van der Waals surface area contributed by atoms with Gasteiger partial charge in [0.25, 0.3) is 0 Å². The van der Waals surface area contributed by atoms with Crippen molar-refractivity contribution >= 4 is 32.9 Å². The zero-order valence-electron chi connectivity index (χ0n) is 12.9. The lowest BCUT2D eigenvalue weighted by molar-refractivity contribution is 0.311. The maximum Gasteiger partial charge on any atom is 0.204 e. The highest BCUT2D eigenvalue weighted by molar-refractivity contribution is 7.22. The fraction of sp³-hybridized carbons (Fsp3) is 0.176. The van der Waals surface area contributed by atoms with Crippen molar-refractivity contribution in [3.63, 3.8) is 0 Å². The Bertz CT molecular complexity index is 797. The van der Waals surface area contributed by atoms with E-state index in [1.165, 1.54) is 0 Å². The van der Waals surface area contributed by atoms with Crippen molar-refractivity contribution in [1.82, 2.24) is 4.98 Å². The molecule has 0 fully saturated rings. The molecular formula is C17H17N3O2S. The van der Waals surface area contributed by atoms with Crippen molar-refractivity contribution in [3.05, 3.63) is 48.0 Å². The number of nitrogens with zero attached hydrogens (tertiary/aromatic N) is 2. The van der Waals surface area contributed by atoms with Crippen LogP contribution in [0.2, 0.25) is 0 Å². The SMILES string of the molecule is CCOc1cccc(/C=N\Nc2nc3ccccc3s2)c1OC. The summed E-state index contributed by atoms with van der Waals surface area (Å²) in [5.74, 6) is 1.38. The van der Waals surface area contributed by atoms with Gasteiger partial charge in [-0.1, -0.05) is 29.5 Å². The third-order valence-corrected chi connectivity index (χ3v) is 4.11. The largest absolute Gasteiger partial charge is 0.492 e. The molecule has 0 bridgehead atoms. The van der Waals surface area contributed by atoms with Gasteiger partial charge >= 0.3 is 0 Å². The molecule has 1 heterocycles. The molecule has 0 aliphatic rings. The monoisotopic (exact) mass is 327 g/mol. The minimum Gasteiger partial charge on any atom is -0.492 e. The second-order valence-corrected chi connectivity index (χ2v) is 5.70. The van der Waals surface area contributed by atoms with Gasteiger partial charge in [0.15, 0.2) is 11.5 Å². The Morgan fingerprint density at radius 1 is 1.22 bits per heavy atom. The van der Waals surface area contributed by atoms with E-state index < -0.39 is 0 Å². The summed E-state index contributed by atoms with van der Waals surface area (Å²) in [6.07, 6.45) is 1.70. The molecule has 6 heteroatoms. The van der Waals surface area contributed by atoms with Gasteiger partial charge < -0.3 is 9.47 Å². The molecule has 0 atom stereocenters. The number of rotatable bonds is 6. The molecule has 2 aromatic carbocycles. The van der Waals surface area contributed by atoms with E-state index >= 15 is 0 Å². The first-order valence-electron chi connectivity index (χ1n) is 7.26. The van der Waals surface area contributed by atoms with Crippen LogP contribution in [0.25, 0.3) is 10.2 Å². The number of thiazole rings is 1. The summed E-state index contributed by atoms with van der Waals surface area (Å²) in [5, 5.41) is 5.01. The first-order chi connectivity index (χ1) is 11.3. The van der Waals surface area contributed by atoms with Crippen molar-refractivity contribution < 1.29 is 9.47 Å². The maximum atomic E-state index is 5.56. The van der Waals surface area contributed by atoms with Crippen LogP contribution in [0.15, 0.2) is 47.6 Å². The number of nitrogens with one attached hydrogen (secondary N) is 1. The maximum absolute atomic E-state index is 5.56. The lowest BCUT2D eigenvalue weighted by Crippen LogP contribution is -1.99. The molecule has 1 N–H and O–H groups in total. The van der Waals surface area contributed by atoms with Crippen LogP contribution in [0.4, 0.5) is 5.13 Å². The number of para-hydroxylation sites is 2. The second-order valence-electron chi connectivity index (χ2n) is 4.67. The highest BCUT2D eigenvalue weighted by Crippen LogP contribution is 2.30. The predicted molar refractivity (Wildman–Crippen MR) is 95.0 cm³/mol. The highest BCUT2D eigenvalue weighted by Gasteiger charge is 2.08. The number of ether oxygens (including phenoxy) is 2. The van der Waals surface area contributed by atoms with Crippen molar-refractivity contribution in [2.24, 2.45) is 5.10 Å². The molecule has 0 spiro atoms. The minimum absolute atomic E-state index is 0.584. The zero-order chi connectivity index (χ0) is 16.1. The fourth-order valence-electron chi connectivity index (χ4n) is 2.20. The van der Waals surface area contributed by atoms with Crippen LogP contribution >= 0.6 is 11.3 Å². The van der Waals surface area contributed by atoms with Crippen LogP contribution in [0, 0.1) is 0 Å². The van der Waals surface area contributed by atoms with E-state index in [0.29, 0.717) is 18.1 Å². The molecule has 23 heavy (non-hydrogen) atoms. The number of aromatic nitrogens is 1. The van der Waals surface area contributed by atoms with Gasteiger partial charge in [-0.05, 0) is 31.2 Å². The first kappa shape index (κ1) is 15.3. The molecule has 0 unspecified atom stereocenters. The molecule has 118 valence electrons. The minimum atomic E-state index is 0.584. The summed E-state index contributed by atoms with van der Waals surface area (Å²) in [6, 6.07) is 13.7. The van der Waals surface area contributed by atoms with E-state index in [2.05, 4.69) is 15.5 Å². The van der Waals surface area contributed by atoms with Gasteiger partial charge in [-0.15, -0.1) is 0 Å². The molecular weight excluding hydrogens is 310 g/mol. The second kappa shape index (κ2) is 7.11. The van der Waals surface area contributed by atoms with Crippen molar-refractivity contribution in [3.8, 4) is 11.5 Å². The molecule has 0 amide bonds. The fourth-order valence-corrected chi connectivity index (χ4v) is 3.01. The van der Waals surface area contributed by atoms with Gasteiger partial charge in [0.1, 0.15) is 0 Å². The molecule has 3 aromatic rings. The first-order valence-corrected chi connectivity index (χ1v) is 8.08. The number of hydrazone groups is 1. The number of benzene rings is 2. The Labute approximate surface area is 138 Å². The summed E-state index contributed by atoms with van der Waals surface area (Å²) in [7, 11) is 1.62. The number of hydrogen-bond donors (Lipinski definition) is 1. The molecule has 5 nitrogen and oxygen atoms in total. The summed E-state index contributed by atoms with van der Waals surface area (Å²) >= 11 is 1.56. The van der Waals surface area contributed by atoms with Crippen LogP contribution in [0.1, 0.15) is 12.5 Å². The van der Waals surface area contributed by atoms with Gasteiger partial charge in [-0.25, -0.2) is 4.98 Å². The number of fused-ring (bicyclic) bond motifs is 1. The van der Waals surface area contributed by atoms with E-state index in [-0.39, 0.29) is 0 Å². The van der Waals surface area contributed by atoms with Gasteiger partial charge in [-0.2, -0.15) is 5.10 Å². The molecule has 0 aliphatic heterocycles. The molecule has 1 aromatic heterocycles. The number of methoxy groups -OCH3 is 1. The Hall–Kier alpha value is -2.60.